The van der Waals surface area contributed by atoms with E-state index in [1.54, 1.807) is 32.9 Å². The number of ether oxygens (including phenoxy) is 1. The van der Waals surface area contributed by atoms with Crippen molar-refractivity contribution < 1.29 is 13.9 Å². The summed E-state index contributed by atoms with van der Waals surface area (Å²) in [5, 5.41) is 5.10. The van der Waals surface area contributed by atoms with Gasteiger partial charge < -0.3 is 10.5 Å². The van der Waals surface area contributed by atoms with Crippen molar-refractivity contribution >= 4 is 34.4 Å². The van der Waals surface area contributed by atoms with Crippen molar-refractivity contribution in [2.24, 2.45) is 0 Å². The van der Waals surface area contributed by atoms with Crippen LogP contribution in [0.5, 0.6) is 0 Å². The van der Waals surface area contributed by atoms with E-state index in [1.807, 2.05) is 12.1 Å². The molecular weight excluding hydrogens is 357 g/mol. The first-order chi connectivity index (χ1) is 12.1. The van der Waals surface area contributed by atoms with Crippen LogP contribution in [0.4, 0.5) is 15.0 Å². The van der Waals surface area contributed by atoms with E-state index in [0.29, 0.717) is 22.3 Å². The van der Waals surface area contributed by atoms with E-state index in [4.69, 9.17) is 22.1 Å². The van der Waals surface area contributed by atoms with Crippen LogP contribution in [0.25, 0.3) is 10.9 Å². The quantitative estimate of drug-likeness (QED) is 0.699. The van der Waals surface area contributed by atoms with Gasteiger partial charge in [0.15, 0.2) is 5.82 Å². The summed E-state index contributed by atoms with van der Waals surface area (Å²) in [6.45, 7) is 5.34. The molecule has 1 aromatic heterocycles. The first-order valence-electron chi connectivity index (χ1n) is 8.08. The number of anilines is 1. The van der Waals surface area contributed by atoms with E-state index < -0.39 is 11.7 Å². The number of nitrogens with two attached hydrogens (primary N) is 1. The van der Waals surface area contributed by atoms with Crippen LogP contribution in [-0.4, -0.2) is 21.5 Å². The van der Waals surface area contributed by atoms with E-state index in [2.05, 4.69) is 5.10 Å². The minimum Gasteiger partial charge on any atom is -0.442 e. The predicted octanol–water partition coefficient (Wildman–Crippen LogP) is 4.79. The maximum Gasteiger partial charge on any atom is 0.435 e. The number of hydrogen-bond acceptors (Lipinski definition) is 4. The highest BCUT2D eigenvalue weighted by Crippen LogP contribution is 2.26. The van der Waals surface area contributed by atoms with Gasteiger partial charge >= 0.3 is 6.09 Å². The highest BCUT2D eigenvalue weighted by molar-refractivity contribution is 6.31. The van der Waals surface area contributed by atoms with Gasteiger partial charge in [-0.3, -0.25) is 0 Å². The maximum atomic E-state index is 13.2. The topological polar surface area (TPSA) is 70.1 Å². The molecule has 2 aromatic carbocycles. The van der Waals surface area contributed by atoms with Crippen LogP contribution in [0.3, 0.4) is 0 Å². The molecule has 2 N–H and O–H groups in total. The number of carbonyl (C=O) groups excluding carboxylic acids is 1. The van der Waals surface area contributed by atoms with Crippen LogP contribution in [-0.2, 0) is 11.2 Å². The Hall–Kier alpha value is -2.60. The van der Waals surface area contributed by atoms with Gasteiger partial charge in [-0.05, 0) is 62.6 Å². The smallest absolute Gasteiger partial charge is 0.435 e. The van der Waals surface area contributed by atoms with Crippen LogP contribution < -0.4 is 5.73 Å². The Bertz CT molecular complexity index is 992. The number of fused-ring (bicyclic) bond motifs is 1. The SMILES string of the molecule is CC(C)(C)OC(=O)n1nc(N)c2ccc(Cc3ccc(F)cc3Cl)cc21. The van der Waals surface area contributed by atoms with Crippen molar-refractivity contribution in [2.45, 2.75) is 32.8 Å². The number of nitrogens with zero attached hydrogens (tertiary/aromatic N) is 2. The van der Waals surface area contributed by atoms with Gasteiger partial charge in [0.25, 0.3) is 0 Å². The number of halogens is 2. The van der Waals surface area contributed by atoms with Gasteiger partial charge in [-0.25, -0.2) is 9.18 Å². The molecule has 5 nitrogen and oxygen atoms in total. The molecular formula is C19H19ClFN3O2. The molecule has 0 radical (unpaired) electrons. The van der Waals surface area contributed by atoms with Crippen molar-refractivity contribution in [3.05, 3.63) is 58.4 Å². The third kappa shape index (κ3) is 3.80. The van der Waals surface area contributed by atoms with Gasteiger partial charge in [0.1, 0.15) is 11.4 Å². The van der Waals surface area contributed by atoms with Crippen LogP contribution in [0.15, 0.2) is 36.4 Å². The average molecular weight is 376 g/mol. The predicted molar refractivity (Wildman–Crippen MR) is 100.0 cm³/mol. The zero-order chi connectivity index (χ0) is 19.1. The van der Waals surface area contributed by atoms with Crippen LogP contribution in [0.1, 0.15) is 31.9 Å². The Morgan fingerprint density at radius 3 is 2.65 bits per heavy atom. The van der Waals surface area contributed by atoms with E-state index >= 15 is 0 Å². The van der Waals surface area contributed by atoms with Crippen molar-refractivity contribution in [1.29, 1.82) is 0 Å². The molecule has 0 aliphatic heterocycles. The second-order valence-electron chi connectivity index (χ2n) is 7.04. The van der Waals surface area contributed by atoms with Gasteiger partial charge in [0, 0.05) is 10.4 Å². The van der Waals surface area contributed by atoms with Gasteiger partial charge in [-0.15, -0.1) is 5.10 Å². The number of aromatic nitrogens is 2. The number of hydrogen-bond donors (Lipinski definition) is 1. The van der Waals surface area contributed by atoms with Crippen molar-refractivity contribution in [2.75, 3.05) is 5.73 Å². The van der Waals surface area contributed by atoms with Gasteiger partial charge in [-0.2, -0.15) is 4.68 Å². The van der Waals surface area contributed by atoms with Gasteiger partial charge in [0.2, 0.25) is 0 Å². The van der Waals surface area contributed by atoms with E-state index in [9.17, 15) is 9.18 Å². The van der Waals surface area contributed by atoms with Crippen molar-refractivity contribution in [1.82, 2.24) is 9.78 Å². The van der Waals surface area contributed by atoms with E-state index in [1.165, 1.54) is 12.1 Å². The summed E-state index contributed by atoms with van der Waals surface area (Å²) >= 11 is 6.10. The molecule has 0 aliphatic rings. The first-order valence-corrected chi connectivity index (χ1v) is 8.46. The third-order valence-corrected chi connectivity index (χ3v) is 4.10. The van der Waals surface area contributed by atoms with E-state index in [-0.39, 0.29) is 11.6 Å². The molecule has 0 bridgehead atoms. The second-order valence-corrected chi connectivity index (χ2v) is 7.45. The Labute approximate surface area is 155 Å². The zero-order valence-electron chi connectivity index (χ0n) is 14.7. The molecule has 7 heteroatoms. The fourth-order valence-electron chi connectivity index (χ4n) is 2.62. The van der Waals surface area contributed by atoms with Gasteiger partial charge in [0.05, 0.1) is 5.52 Å². The van der Waals surface area contributed by atoms with Crippen LogP contribution in [0.2, 0.25) is 5.02 Å². The number of carbonyl (C=O) groups is 1. The minimum atomic E-state index is -0.649. The summed E-state index contributed by atoms with van der Waals surface area (Å²) in [6, 6.07) is 9.76. The molecule has 0 fully saturated rings. The van der Waals surface area contributed by atoms with Crippen molar-refractivity contribution in [3.63, 3.8) is 0 Å². The summed E-state index contributed by atoms with van der Waals surface area (Å²) in [5.41, 5.74) is 7.48. The molecule has 0 saturated heterocycles. The summed E-state index contributed by atoms with van der Waals surface area (Å²) in [5.74, 6) is -0.137. The number of nitrogen functional groups attached to an aromatic ring is 1. The molecule has 0 spiro atoms. The highest BCUT2D eigenvalue weighted by Gasteiger charge is 2.21. The fraction of sp³-hybridized carbons (Fsp3) is 0.263. The Morgan fingerprint density at radius 1 is 1.27 bits per heavy atom. The highest BCUT2D eigenvalue weighted by atomic mass is 35.5. The molecule has 0 unspecified atom stereocenters. The molecule has 0 aliphatic carbocycles. The molecule has 26 heavy (non-hydrogen) atoms. The molecule has 0 amide bonds. The standard InChI is InChI=1S/C19H19ClFN3O2/c1-19(2,3)26-18(25)24-16-9-11(4-7-14(16)17(22)23-24)8-12-5-6-13(21)10-15(12)20/h4-7,9-10H,8H2,1-3H3,(H2,22,23). The summed E-state index contributed by atoms with van der Waals surface area (Å²) in [6.07, 6.45) is -0.120. The maximum absolute atomic E-state index is 13.2. The Morgan fingerprint density at radius 2 is 2.00 bits per heavy atom. The molecule has 3 aromatic rings. The molecule has 3 rings (SSSR count). The summed E-state index contributed by atoms with van der Waals surface area (Å²) in [7, 11) is 0. The lowest BCUT2D eigenvalue weighted by atomic mass is 10.0. The lowest BCUT2D eigenvalue weighted by Crippen LogP contribution is -2.27. The largest absolute Gasteiger partial charge is 0.442 e. The lowest BCUT2D eigenvalue weighted by molar-refractivity contribution is 0.0523. The molecule has 136 valence electrons. The van der Waals surface area contributed by atoms with Crippen molar-refractivity contribution in [3.8, 4) is 0 Å². The Kier molecular flexibility index (Phi) is 4.63. The molecule has 0 atom stereocenters. The zero-order valence-corrected chi connectivity index (χ0v) is 15.5. The summed E-state index contributed by atoms with van der Waals surface area (Å²) < 4.78 is 19.8. The fourth-order valence-corrected chi connectivity index (χ4v) is 2.86. The van der Waals surface area contributed by atoms with Crippen LogP contribution >= 0.6 is 11.6 Å². The molecule has 0 saturated carbocycles. The van der Waals surface area contributed by atoms with Gasteiger partial charge in [-0.1, -0.05) is 23.7 Å². The Balaban J connectivity index is 1.99. The number of benzene rings is 2. The average Bonchev–Trinajstić information content (AvgIpc) is 2.85. The normalized spacial score (nSPS) is 11.7. The molecule has 1 heterocycles. The second kappa shape index (κ2) is 6.61. The first kappa shape index (κ1) is 18.2. The van der Waals surface area contributed by atoms with Crippen LogP contribution in [0, 0.1) is 5.82 Å². The van der Waals surface area contributed by atoms with E-state index in [0.717, 1.165) is 15.8 Å². The lowest BCUT2D eigenvalue weighted by Gasteiger charge is -2.19. The number of rotatable bonds is 2. The minimum absolute atomic E-state index is 0.247. The third-order valence-electron chi connectivity index (χ3n) is 3.75. The summed E-state index contributed by atoms with van der Waals surface area (Å²) in [4.78, 5) is 12.4. The monoisotopic (exact) mass is 375 g/mol.